The molecule has 0 aromatic heterocycles. The van der Waals surface area contributed by atoms with Gasteiger partial charge in [-0.2, -0.15) is 0 Å². The first kappa shape index (κ1) is 15.7. The third-order valence-corrected chi connectivity index (χ3v) is 2.89. The van der Waals surface area contributed by atoms with Crippen molar-refractivity contribution in [3.63, 3.8) is 0 Å². The van der Waals surface area contributed by atoms with Crippen molar-refractivity contribution < 1.29 is 4.79 Å². The summed E-state index contributed by atoms with van der Waals surface area (Å²) in [4.78, 5) is 13.8. The maximum atomic E-state index is 11.7. The number of hydrogen-bond donors (Lipinski definition) is 2. The van der Waals surface area contributed by atoms with Crippen LogP contribution in [0.25, 0.3) is 0 Å². The molecule has 4 nitrogen and oxygen atoms in total. The first-order valence-corrected chi connectivity index (χ1v) is 6.78. The molecular weight excluding hydrogens is 238 g/mol. The zero-order chi connectivity index (χ0) is 14.3. The lowest BCUT2D eigenvalue weighted by Crippen LogP contribution is -2.40. The van der Waals surface area contributed by atoms with Gasteiger partial charge < -0.3 is 16.0 Å². The highest BCUT2D eigenvalue weighted by Gasteiger charge is 2.11. The van der Waals surface area contributed by atoms with Gasteiger partial charge in [0.1, 0.15) is 0 Å². The van der Waals surface area contributed by atoms with Crippen molar-refractivity contribution in [1.29, 1.82) is 0 Å². The van der Waals surface area contributed by atoms with E-state index in [-0.39, 0.29) is 5.91 Å². The summed E-state index contributed by atoms with van der Waals surface area (Å²) < 4.78 is 0. The predicted molar refractivity (Wildman–Crippen MR) is 78.6 cm³/mol. The lowest BCUT2D eigenvalue weighted by Gasteiger charge is -2.13. The van der Waals surface area contributed by atoms with E-state index in [0.29, 0.717) is 6.54 Å². The Hall–Kier alpha value is -1.39. The molecule has 0 spiro atoms. The Bertz CT molecular complexity index is 404. The van der Waals surface area contributed by atoms with Crippen molar-refractivity contribution in [2.24, 2.45) is 5.73 Å². The van der Waals surface area contributed by atoms with E-state index in [1.807, 2.05) is 33.2 Å². The molecule has 0 bridgehead atoms. The van der Waals surface area contributed by atoms with Gasteiger partial charge in [-0.3, -0.25) is 4.79 Å². The molecule has 1 atom stereocenters. The molecule has 0 aliphatic carbocycles. The molecule has 0 aliphatic rings. The van der Waals surface area contributed by atoms with Crippen molar-refractivity contribution >= 4 is 5.91 Å². The van der Waals surface area contributed by atoms with Crippen LogP contribution in [0.5, 0.6) is 0 Å². The average Bonchev–Trinajstić information content (AvgIpc) is 2.36. The van der Waals surface area contributed by atoms with Gasteiger partial charge in [0, 0.05) is 13.1 Å². The second kappa shape index (κ2) is 7.92. The van der Waals surface area contributed by atoms with Crippen LogP contribution in [0.2, 0.25) is 0 Å². The molecule has 1 aromatic carbocycles. The Balaban J connectivity index is 2.51. The topological polar surface area (TPSA) is 58.4 Å². The van der Waals surface area contributed by atoms with Gasteiger partial charge in [0.15, 0.2) is 0 Å². The second-order valence-corrected chi connectivity index (χ2v) is 5.17. The molecule has 19 heavy (non-hydrogen) atoms. The van der Waals surface area contributed by atoms with Gasteiger partial charge in [0.25, 0.3) is 0 Å². The molecule has 0 heterocycles. The molecule has 1 aromatic rings. The van der Waals surface area contributed by atoms with Crippen molar-refractivity contribution in [2.75, 3.05) is 14.1 Å². The maximum Gasteiger partial charge on any atom is 0.237 e. The smallest absolute Gasteiger partial charge is 0.237 e. The minimum atomic E-state index is -0.394. The number of rotatable bonds is 7. The highest BCUT2D eigenvalue weighted by atomic mass is 16.2. The highest BCUT2D eigenvalue weighted by Crippen LogP contribution is 2.07. The normalized spacial score (nSPS) is 12.5. The lowest BCUT2D eigenvalue weighted by molar-refractivity contribution is -0.122. The molecule has 1 amide bonds. The Labute approximate surface area is 116 Å². The predicted octanol–water partition coefficient (Wildman–Crippen LogP) is 1.49. The van der Waals surface area contributed by atoms with Gasteiger partial charge in [-0.1, -0.05) is 37.6 Å². The van der Waals surface area contributed by atoms with Crippen molar-refractivity contribution in [1.82, 2.24) is 10.2 Å². The molecule has 0 radical (unpaired) electrons. The van der Waals surface area contributed by atoms with Crippen LogP contribution in [0.3, 0.4) is 0 Å². The molecule has 1 rings (SSSR count). The van der Waals surface area contributed by atoms with Crippen LogP contribution in [-0.2, 0) is 17.9 Å². The molecule has 0 fully saturated rings. The summed E-state index contributed by atoms with van der Waals surface area (Å²) in [6.45, 7) is 3.46. The largest absolute Gasteiger partial charge is 0.351 e. The SMILES string of the molecule is CCCC(N)C(=O)NCc1cccc(CN(C)C)c1. The molecule has 0 aliphatic heterocycles. The summed E-state index contributed by atoms with van der Waals surface area (Å²) in [5, 5.41) is 2.89. The van der Waals surface area contributed by atoms with Gasteiger partial charge in [0.05, 0.1) is 6.04 Å². The number of nitrogens with one attached hydrogen (secondary N) is 1. The van der Waals surface area contributed by atoms with Gasteiger partial charge >= 0.3 is 0 Å². The molecule has 4 heteroatoms. The number of nitrogens with two attached hydrogens (primary N) is 1. The van der Waals surface area contributed by atoms with E-state index < -0.39 is 6.04 Å². The summed E-state index contributed by atoms with van der Waals surface area (Å²) in [5.41, 5.74) is 8.12. The zero-order valence-electron chi connectivity index (χ0n) is 12.1. The summed E-state index contributed by atoms with van der Waals surface area (Å²) in [5.74, 6) is -0.0696. The Morgan fingerprint density at radius 3 is 2.68 bits per heavy atom. The Morgan fingerprint density at radius 2 is 2.05 bits per heavy atom. The summed E-state index contributed by atoms with van der Waals surface area (Å²) >= 11 is 0. The fourth-order valence-corrected chi connectivity index (χ4v) is 1.97. The average molecular weight is 263 g/mol. The number of carbonyl (C=O) groups is 1. The number of nitrogens with zero attached hydrogens (tertiary/aromatic N) is 1. The van der Waals surface area contributed by atoms with E-state index in [9.17, 15) is 4.79 Å². The van der Waals surface area contributed by atoms with Crippen molar-refractivity contribution in [3.05, 3.63) is 35.4 Å². The van der Waals surface area contributed by atoms with Crippen LogP contribution in [0, 0.1) is 0 Å². The van der Waals surface area contributed by atoms with Crippen LogP contribution in [-0.4, -0.2) is 30.9 Å². The minimum Gasteiger partial charge on any atom is -0.351 e. The maximum absolute atomic E-state index is 11.7. The van der Waals surface area contributed by atoms with E-state index in [4.69, 9.17) is 5.73 Å². The van der Waals surface area contributed by atoms with E-state index in [0.717, 1.165) is 24.9 Å². The molecule has 0 saturated carbocycles. The summed E-state index contributed by atoms with van der Waals surface area (Å²) in [6.07, 6.45) is 1.65. The van der Waals surface area contributed by atoms with Gasteiger partial charge in [-0.15, -0.1) is 0 Å². The van der Waals surface area contributed by atoms with Crippen LogP contribution >= 0.6 is 0 Å². The van der Waals surface area contributed by atoms with Crippen LogP contribution in [0.1, 0.15) is 30.9 Å². The molecule has 3 N–H and O–H groups in total. The van der Waals surface area contributed by atoms with Gasteiger partial charge in [0.2, 0.25) is 5.91 Å². The monoisotopic (exact) mass is 263 g/mol. The van der Waals surface area contributed by atoms with E-state index in [1.54, 1.807) is 0 Å². The van der Waals surface area contributed by atoms with Crippen LogP contribution < -0.4 is 11.1 Å². The van der Waals surface area contributed by atoms with Crippen LogP contribution in [0.15, 0.2) is 24.3 Å². The third kappa shape index (κ3) is 5.85. The number of hydrogen-bond acceptors (Lipinski definition) is 3. The lowest BCUT2D eigenvalue weighted by atomic mass is 10.1. The van der Waals surface area contributed by atoms with Gasteiger partial charge in [-0.25, -0.2) is 0 Å². The molecule has 106 valence electrons. The standard InChI is InChI=1S/C15H25N3O/c1-4-6-14(16)15(19)17-10-12-7-5-8-13(9-12)11-18(2)3/h5,7-9,14H,4,6,10-11,16H2,1-3H3,(H,17,19). The number of carbonyl (C=O) groups excluding carboxylic acids is 1. The number of amides is 1. The first-order valence-electron chi connectivity index (χ1n) is 6.78. The molecule has 1 unspecified atom stereocenters. The highest BCUT2D eigenvalue weighted by molar-refractivity contribution is 5.81. The molecular formula is C15H25N3O. The van der Waals surface area contributed by atoms with E-state index >= 15 is 0 Å². The summed E-state index contributed by atoms with van der Waals surface area (Å²) in [7, 11) is 4.08. The second-order valence-electron chi connectivity index (χ2n) is 5.17. The van der Waals surface area contributed by atoms with Crippen molar-refractivity contribution in [2.45, 2.75) is 38.9 Å². The zero-order valence-corrected chi connectivity index (χ0v) is 12.1. The third-order valence-electron chi connectivity index (χ3n) is 2.89. The van der Waals surface area contributed by atoms with Crippen LogP contribution in [0.4, 0.5) is 0 Å². The first-order chi connectivity index (χ1) is 9.02. The fraction of sp³-hybridized carbons (Fsp3) is 0.533. The minimum absolute atomic E-state index is 0.0696. The van der Waals surface area contributed by atoms with E-state index in [1.165, 1.54) is 5.56 Å². The molecule has 0 saturated heterocycles. The van der Waals surface area contributed by atoms with Gasteiger partial charge in [-0.05, 0) is 31.6 Å². The quantitative estimate of drug-likeness (QED) is 0.783. The summed E-state index contributed by atoms with van der Waals surface area (Å²) in [6, 6.07) is 7.85. The Morgan fingerprint density at radius 1 is 1.37 bits per heavy atom. The van der Waals surface area contributed by atoms with E-state index in [2.05, 4.69) is 22.3 Å². The fourth-order valence-electron chi connectivity index (χ4n) is 1.97. The number of benzene rings is 1. The van der Waals surface area contributed by atoms with Crippen molar-refractivity contribution in [3.8, 4) is 0 Å². The Kier molecular flexibility index (Phi) is 6.53.